The van der Waals surface area contributed by atoms with E-state index in [2.05, 4.69) is 0 Å². The third-order valence-corrected chi connectivity index (χ3v) is 5.40. The Morgan fingerprint density at radius 1 is 1.04 bits per heavy atom. The highest BCUT2D eigenvalue weighted by Crippen LogP contribution is 2.33. The van der Waals surface area contributed by atoms with Gasteiger partial charge in [0.25, 0.3) is 5.91 Å². The Bertz CT molecular complexity index is 708. The van der Waals surface area contributed by atoms with Crippen molar-refractivity contribution in [1.29, 1.82) is 0 Å². The van der Waals surface area contributed by atoms with Crippen molar-refractivity contribution in [3.05, 3.63) is 29.8 Å². The average molecular weight is 343 g/mol. The molecule has 3 heterocycles. The van der Waals surface area contributed by atoms with E-state index in [4.69, 9.17) is 4.74 Å². The van der Waals surface area contributed by atoms with Crippen LogP contribution in [0.3, 0.4) is 0 Å². The summed E-state index contributed by atoms with van der Waals surface area (Å²) < 4.78 is 5.27. The number of urea groups is 1. The van der Waals surface area contributed by atoms with E-state index in [1.807, 2.05) is 31.2 Å². The summed E-state index contributed by atoms with van der Waals surface area (Å²) >= 11 is 0. The summed E-state index contributed by atoms with van der Waals surface area (Å²) in [6, 6.07) is 6.13. The maximum atomic E-state index is 12.8. The molecule has 1 aromatic rings. The first kappa shape index (κ1) is 16.1. The Morgan fingerprint density at radius 2 is 1.76 bits per heavy atom. The van der Waals surface area contributed by atoms with Crippen LogP contribution < -0.4 is 4.90 Å². The Balaban J connectivity index is 1.54. The molecule has 0 N–H and O–H groups in total. The highest BCUT2D eigenvalue weighted by atomic mass is 16.5. The predicted molar refractivity (Wildman–Crippen MR) is 90.1 cm³/mol. The molecule has 7 nitrogen and oxygen atoms in total. The van der Waals surface area contributed by atoms with Gasteiger partial charge < -0.3 is 14.5 Å². The van der Waals surface area contributed by atoms with E-state index in [1.54, 1.807) is 12.0 Å². The zero-order chi connectivity index (χ0) is 17.7. The number of hydrogen-bond acceptors (Lipinski definition) is 4. The summed E-state index contributed by atoms with van der Waals surface area (Å²) in [6.07, 6.45) is 0.863. The van der Waals surface area contributed by atoms with Gasteiger partial charge in [-0.1, -0.05) is 17.7 Å². The molecular formula is C18H21N3O4. The SMILES string of the molecule is CO[C@@H]1C[C@H]2C(=O)N([C@@H]3CCN(c4ccc(C)cc4)C3=O)C(=O)N2C1. The maximum absolute atomic E-state index is 12.8. The Kier molecular flexibility index (Phi) is 3.76. The summed E-state index contributed by atoms with van der Waals surface area (Å²) in [5, 5.41) is 0. The van der Waals surface area contributed by atoms with Crippen molar-refractivity contribution in [2.24, 2.45) is 0 Å². The van der Waals surface area contributed by atoms with Crippen molar-refractivity contribution < 1.29 is 19.1 Å². The highest BCUT2D eigenvalue weighted by Gasteiger charge is 2.55. The maximum Gasteiger partial charge on any atom is 0.328 e. The van der Waals surface area contributed by atoms with Crippen LogP contribution in [0.1, 0.15) is 18.4 Å². The Hall–Kier alpha value is -2.41. The van der Waals surface area contributed by atoms with E-state index in [9.17, 15) is 14.4 Å². The zero-order valence-corrected chi connectivity index (χ0v) is 14.3. The minimum atomic E-state index is -0.701. The third kappa shape index (κ3) is 2.41. The Morgan fingerprint density at radius 3 is 2.40 bits per heavy atom. The fourth-order valence-electron chi connectivity index (χ4n) is 3.98. The van der Waals surface area contributed by atoms with Gasteiger partial charge in [-0.25, -0.2) is 9.69 Å². The van der Waals surface area contributed by atoms with E-state index in [-0.39, 0.29) is 23.9 Å². The summed E-state index contributed by atoms with van der Waals surface area (Å²) in [4.78, 5) is 42.6. The molecule has 0 unspecified atom stereocenters. The first-order valence-electron chi connectivity index (χ1n) is 8.55. The third-order valence-electron chi connectivity index (χ3n) is 5.40. The highest BCUT2D eigenvalue weighted by molar-refractivity contribution is 6.11. The molecule has 4 amide bonds. The molecule has 3 aliphatic heterocycles. The molecule has 1 aromatic carbocycles. The van der Waals surface area contributed by atoms with Crippen molar-refractivity contribution in [3.8, 4) is 0 Å². The largest absolute Gasteiger partial charge is 0.380 e. The number of carbonyl (C=O) groups excluding carboxylic acids is 3. The van der Waals surface area contributed by atoms with Crippen LogP contribution in [-0.2, 0) is 14.3 Å². The lowest BCUT2D eigenvalue weighted by molar-refractivity contribution is -0.134. The Labute approximate surface area is 146 Å². The fourth-order valence-corrected chi connectivity index (χ4v) is 3.98. The van der Waals surface area contributed by atoms with E-state index in [1.165, 1.54) is 9.80 Å². The molecule has 3 saturated heterocycles. The minimum Gasteiger partial charge on any atom is -0.380 e. The van der Waals surface area contributed by atoms with Crippen LogP contribution >= 0.6 is 0 Å². The number of benzene rings is 1. The second-order valence-corrected chi connectivity index (χ2v) is 6.88. The van der Waals surface area contributed by atoms with Gasteiger partial charge in [-0.05, 0) is 25.5 Å². The number of nitrogens with zero attached hydrogens (tertiary/aromatic N) is 3. The minimum absolute atomic E-state index is 0.108. The molecule has 0 saturated carbocycles. The van der Waals surface area contributed by atoms with Crippen LogP contribution in [0.15, 0.2) is 24.3 Å². The van der Waals surface area contributed by atoms with E-state index < -0.39 is 12.1 Å². The number of rotatable bonds is 3. The molecule has 132 valence electrons. The first-order valence-corrected chi connectivity index (χ1v) is 8.55. The lowest BCUT2D eigenvalue weighted by atomic mass is 10.1. The van der Waals surface area contributed by atoms with Gasteiger partial charge in [0.15, 0.2) is 0 Å². The van der Waals surface area contributed by atoms with E-state index in [0.717, 1.165) is 11.3 Å². The molecular weight excluding hydrogens is 322 g/mol. The van der Waals surface area contributed by atoms with Crippen LogP contribution in [-0.4, -0.2) is 66.0 Å². The second kappa shape index (κ2) is 5.84. The van der Waals surface area contributed by atoms with E-state index >= 15 is 0 Å². The molecule has 0 aliphatic carbocycles. The number of amides is 4. The zero-order valence-electron chi connectivity index (χ0n) is 14.3. The number of hydrogen-bond donors (Lipinski definition) is 0. The number of imide groups is 1. The van der Waals surface area contributed by atoms with Gasteiger partial charge in [0.2, 0.25) is 5.91 Å². The van der Waals surface area contributed by atoms with Crippen molar-refractivity contribution in [2.75, 3.05) is 25.1 Å². The summed E-state index contributed by atoms with van der Waals surface area (Å²) in [5.41, 5.74) is 1.92. The molecule has 0 bridgehead atoms. The van der Waals surface area contributed by atoms with Crippen molar-refractivity contribution in [2.45, 2.75) is 38.0 Å². The summed E-state index contributed by atoms with van der Waals surface area (Å²) in [6.45, 7) is 2.90. The monoisotopic (exact) mass is 343 g/mol. The van der Waals surface area contributed by atoms with Crippen molar-refractivity contribution >= 4 is 23.5 Å². The number of carbonyl (C=O) groups is 3. The number of methoxy groups -OCH3 is 1. The van der Waals surface area contributed by atoms with Gasteiger partial charge in [-0.15, -0.1) is 0 Å². The normalized spacial score (nSPS) is 29.1. The van der Waals surface area contributed by atoms with Gasteiger partial charge in [0, 0.05) is 32.3 Å². The first-order chi connectivity index (χ1) is 12.0. The molecule has 4 rings (SSSR count). The van der Waals surface area contributed by atoms with Crippen molar-refractivity contribution in [1.82, 2.24) is 9.80 Å². The van der Waals surface area contributed by atoms with Gasteiger partial charge in [-0.3, -0.25) is 9.59 Å². The van der Waals surface area contributed by atoms with Gasteiger partial charge in [0.1, 0.15) is 12.1 Å². The molecule has 0 spiro atoms. The molecule has 3 atom stereocenters. The number of fused-ring (bicyclic) bond motifs is 1. The number of aryl methyl sites for hydroxylation is 1. The second-order valence-electron chi connectivity index (χ2n) is 6.88. The lowest BCUT2D eigenvalue weighted by Gasteiger charge is -2.23. The fraction of sp³-hybridized carbons (Fsp3) is 0.500. The number of anilines is 1. The van der Waals surface area contributed by atoms with Gasteiger partial charge in [0.05, 0.1) is 6.10 Å². The van der Waals surface area contributed by atoms with Crippen LogP contribution in [0.5, 0.6) is 0 Å². The van der Waals surface area contributed by atoms with Gasteiger partial charge in [-0.2, -0.15) is 0 Å². The summed E-state index contributed by atoms with van der Waals surface area (Å²) in [7, 11) is 1.58. The molecule has 7 heteroatoms. The number of ether oxygens (including phenoxy) is 1. The van der Waals surface area contributed by atoms with Gasteiger partial charge >= 0.3 is 6.03 Å². The predicted octanol–water partition coefficient (Wildman–Crippen LogP) is 1.15. The standard InChI is InChI=1S/C18H21N3O4/c1-11-3-5-12(6-4-11)19-8-7-14(16(19)22)21-17(23)15-9-13(25-2)10-20(15)18(21)24/h3-6,13-15H,7-10H2,1-2H3/t13-,14-,15+/m1/s1. The average Bonchev–Trinajstić information content (AvgIpc) is 3.25. The smallest absolute Gasteiger partial charge is 0.328 e. The quantitative estimate of drug-likeness (QED) is 0.772. The van der Waals surface area contributed by atoms with Crippen LogP contribution in [0.4, 0.5) is 10.5 Å². The van der Waals surface area contributed by atoms with E-state index in [0.29, 0.717) is 25.9 Å². The lowest BCUT2D eigenvalue weighted by Crippen LogP contribution is -2.47. The summed E-state index contributed by atoms with van der Waals surface area (Å²) in [5.74, 6) is -0.455. The van der Waals surface area contributed by atoms with Crippen molar-refractivity contribution in [3.63, 3.8) is 0 Å². The molecule has 0 aromatic heterocycles. The topological polar surface area (TPSA) is 70.2 Å². The molecule has 25 heavy (non-hydrogen) atoms. The molecule has 0 radical (unpaired) electrons. The van der Waals surface area contributed by atoms with Crippen LogP contribution in [0.25, 0.3) is 0 Å². The van der Waals surface area contributed by atoms with Crippen LogP contribution in [0, 0.1) is 6.92 Å². The van der Waals surface area contributed by atoms with Crippen LogP contribution in [0.2, 0.25) is 0 Å². The molecule has 3 fully saturated rings. The molecule has 3 aliphatic rings.